The van der Waals surface area contributed by atoms with Crippen LogP contribution in [0.2, 0.25) is 0 Å². The Bertz CT molecular complexity index is 1550. The van der Waals surface area contributed by atoms with Crippen molar-refractivity contribution in [2.45, 2.75) is 44.6 Å². The van der Waals surface area contributed by atoms with Gasteiger partial charge in [-0.1, -0.05) is 71.9 Å². The van der Waals surface area contributed by atoms with Crippen LogP contribution in [-0.2, 0) is 15.3 Å². The predicted molar refractivity (Wildman–Crippen MR) is 156 cm³/mol. The lowest BCUT2D eigenvalue weighted by molar-refractivity contribution is -0.119. The molecule has 2 atom stereocenters. The van der Waals surface area contributed by atoms with E-state index in [-0.39, 0.29) is 11.8 Å². The van der Waals surface area contributed by atoms with Gasteiger partial charge in [-0.2, -0.15) is 4.98 Å². The zero-order valence-corrected chi connectivity index (χ0v) is 23.1. The van der Waals surface area contributed by atoms with Crippen molar-refractivity contribution in [3.8, 4) is 0 Å². The van der Waals surface area contributed by atoms with Gasteiger partial charge in [0, 0.05) is 29.8 Å². The highest BCUT2D eigenvalue weighted by Gasteiger charge is 2.39. The molecule has 5 rings (SSSR count). The first-order valence-electron chi connectivity index (χ1n) is 12.7. The van der Waals surface area contributed by atoms with Gasteiger partial charge in [-0.3, -0.25) is 9.59 Å². The van der Waals surface area contributed by atoms with Crippen LogP contribution in [0.3, 0.4) is 0 Å². The van der Waals surface area contributed by atoms with Crippen molar-refractivity contribution in [2.24, 2.45) is 10.9 Å². The van der Waals surface area contributed by atoms with Crippen molar-refractivity contribution in [1.82, 2.24) is 14.8 Å². The molecular formula is C30H30N6O2S. The van der Waals surface area contributed by atoms with Crippen LogP contribution in [0.1, 0.15) is 42.1 Å². The number of fused-ring (bicyclic) bond motifs is 1. The highest BCUT2D eigenvalue weighted by Crippen LogP contribution is 2.38. The van der Waals surface area contributed by atoms with Crippen LogP contribution in [0.5, 0.6) is 0 Å². The number of aliphatic imine (C=N–C) groups is 1. The molecule has 0 bridgehead atoms. The van der Waals surface area contributed by atoms with Gasteiger partial charge in [0.05, 0.1) is 6.04 Å². The largest absolute Gasteiger partial charge is 0.326 e. The second kappa shape index (κ2) is 11.2. The number of nitrogens with zero attached hydrogens (tertiary/aromatic N) is 4. The fraction of sp³-hybridized carbons (Fsp3) is 0.233. The number of carbonyl (C=O) groups is 2. The zero-order chi connectivity index (χ0) is 27.5. The molecule has 0 saturated carbocycles. The minimum absolute atomic E-state index is 0.146. The molecule has 1 aliphatic rings. The fourth-order valence-corrected chi connectivity index (χ4v) is 5.52. The lowest BCUT2D eigenvalue weighted by Crippen LogP contribution is -2.39. The number of thioether (sulfide) groups is 1. The van der Waals surface area contributed by atoms with Gasteiger partial charge < -0.3 is 10.6 Å². The molecule has 0 spiro atoms. The molecule has 9 heteroatoms. The van der Waals surface area contributed by atoms with E-state index < -0.39 is 12.0 Å². The molecule has 0 saturated heterocycles. The quantitative estimate of drug-likeness (QED) is 0.277. The number of carbonyl (C=O) groups excluding carboxylic acids is 2. The standard InChI is InChI=1S/C30H30N6O2S/c1-18-10-15-25(19(2)16-18)33-28(38)26-20(3)31-29-34-30(39-17-22-8-6-5-7-9-22)35-36(29)27(26)23-11-13-24(14-12-23)32-21(4)37/h5-16,26-27H,17H2,1-4H3,(H,32,37)(H,33,38). The van der Waals surface area contributed by atoms with Crippen LogP contribution < -0.4 is 10.6 Å². The summed E-state index contributed by atoms with van der Waals surface area (Å²) in [5, 5.41) is 11.3. The average molecular weight is 539 g/mol. The molecule has 8 nitrogen and oxygen atoms in total. The third kappa shape index (κ3) is 5.93. The first kappa shape index (κ1) is 26.4. The summed E-state index contributed by atoms with van der Waals surface area (Å²) in [7, 11) is 0. The van der Waals surface area contributed by atoms with Gasteiger partial charge in [-0.15, -0.1) is 5.10 Å². The number of rotatable bonds is 7. The van der Waals surface area contributed by atoms with Crippen LogP contribution >= 0.6 is 11.8 Å². The SMILES string of the molecule is CC(=O)Nc1ccc(C2C(C(=O)Nc3ccc(C)cc3C)C(C)=Nc3nc(SCc4ccccc4)nn32)cc1. The maximum Gasteiger partial charge on any atom is 0.249 e. The molecule has 0 radical (unpaired) electrons. The molecule has 1 aromatic heterocycles. The smallest absolute Gasteiger partial charge is 0.249 e. The highest BCUT2D eigenvalue weighted by molar-refractivity contribution is 7.98. The van der Waals surface area contributed by atoms with Crippen LogP contribution in [-0.4, -0.2) is 32.3 Å². The van der Waals surface area contributed by atoms with Crippen molar-refractivity contribution in [2.75, 3.05) is 10.6 Å². The third-order valence-corrected chi connectivity index (χ3v) is 7.51. The van der Waals surface area contributed by atoms with Crippen LogP contribution in [0.25, 0.3) is 0 Å². The number of hydrogen-bond acceptors (Lipinski definition) is 6. The number of hydrogen-bond donors (Lipinski definition) is 2. The minimum atomic E-state index is -0.613. The van der Waals surface area contributed by atoms with E-state index >= 15 is 0 Å². The molecule has 39 heavy (non-hydrogen) atoms. The second-order valence-electron chi connectivity index (χ2n) is 9.70. The van der Waals surface area contributed by atoms with Crippen molar-refractivity contribution in [3.63, 3.8) is 0 Å². The number of benzene rings is 3. The number of aryl methyl sites for hydroxylation is 2. The molecule has 3 aromatic carbocycles. The number of amides is 2. The van der Waals surface area contributed by atoms with Gasteiger partial charge >= 0.3 is 0 Å². The van der Waals surface area contributed by atoms with Crippen molar-refractivity contribution >= 4 is 46.6 Å². The van der Waals surface area contributed by atoms with Gasteiger partial charge in [0.25, 0.3) is 0 Å². The second-order valence-corrected chi connectivity index (χ2v) is 10.6. The predicted octanol–water partition coefficient (Wildman–Crippen LogP) is 6.10. The summed E-state index contributed by atoms with van der Waals surface area (Å²) in [6.07, 6.45) is 0. The summed E-state index contributed by atoms with van der Waals surface area (Å²) in [5.41, 5.74) is 6.27. The molecule has 2 unspecified atom stereocenters. The lowest BCUT2D eigenvalue weighted by Gasteiger charge is -2.30. The topological polar surface area (TPSA) is 101 Å². The lowest BCUT2D eigenvalue weighted by atomic mass is 9.87. The summed E-state index contributed by atoms with van der Waals surface area (Å²) in [4.78, 5) is 34.8. The molecule has 1 aliphatic heterocycles. The summed E-state index contributed by atoms with van der Waals surface area (Å²) < 4.78 is 1.75. The zero-order valence-electron chi connectivity index (χ0n) is 22.3. The fourth-order valence-electron chi connectivity index (χ4n) is 4.74. The molecule has 2 amide bonds. The van der Waals surface area contributed by atoms with E-state index in [0.29, 0.717) is 22.5 Å². The van der Waals surface area contributed by atoms with Crippen molar-refractivity contribution in [1.29, 1.82) is 0 Å². The number of anilines is 2. The maximum atomic E-state index is 13.8. The molecular weight excluding hydrogens is 508 g/mol. The average Bonchev–Trinajstić information content (AvgIpc) is 3.31. The van der Waals surface area contributed by atoms with Gasteiger partial charge in [0.1, 0.15) is 5.92 Å². The maximum absolute atomic E-state index is 13.8. The van der Waals surface area contributed by atoms with E-state index in [9.17, 15) is 9.59 Å². The Balaban J connectivity index is 1.50. The van der Waals surface area contributed by atoms with Gasteiger partial charge in [-0.05, 0) is 55.7 Å². The Hall–Kier alpha value is -4.24. The monoisotopic (exact) mass is 538 g/mol. The Morgan fingerprint density at radius 3 is 2.38 bits per heavy atom. The molecule has 0 aliphatic carbocycles. The first-order valence-corrected chi connectivity index (χ1v) is 13.7. The summed E-state index contributed by atoms with van der Waals surface area (Å²) >= 11 is 1.53. The van der Waals surface area contributed by atoms with Crippen molar-refractivity contribution in [3.05, 3.63) is 95.1 Å². The van der Waals surface area contributed by atoms with E-state index in [4.69, 9.17) is 10.1 Å². The Morgan fingerprint density at radius 2 is 1.69 bits per heavy atom. The minimum Gasteiger partial charge on any atom is -0.326 e. The van der Waals surface area contributed by atoms with Crippen molar-refractivity contribution < 1.29 is 9.59 Å². The van der Waals surface area contributed by atoms with E-state index in [2.05, 4.69) is 27.8 Å². The molecule has 2 N–H and O–H groups in total. The molecule has 4 aromatic rings. The van der Waals surface area contributed by atoms with E-state index in [1.165, 1.54) is 24.2 Å². The first-order chi connectivity index (χ1) is 18.8. The Kier molecular flexibility index (Phi) is 7.60. The number of aromatic nitrogens is 3. The summed E-state index contributed by atoms with van der Waals surface area (Å²) in [6, 6.07) is 23.1. The summed E-state index contributed by atoms with van der Waals surface area (Å²) in [6.45, 7) is 7.34. The van der Waals surface area contributed by atoms with Gasteiger partial charge in [0.2, 0.25) is 22.9 Å². The van der Waals surface area contributed by atoms with Crippen LogP contribution in [0, 0.1) is 19.8 Å². The van der Waals surface area contributed by atoms with Crippen LogP contribution in [0.4, 0.5) is 17.3 Å². The number of nitrogens with one attached hydrogen (secondary N) is 2. The molecule has 2 heterocycles. The van der Waals surface area contributed by atoms with Gasteiger partial charge in [-0.25, -0.2) is 9.67 Å². The Labute approximate surface area is 232 Å². The summed E-state index contributed by atoms with van der Waals surface area (Å²) in [5.74, 6) is 0.263. The molecule has 0 fully saturated rings. The normalized spacial score (nSPS) is 16.3. The van der Waals surface area contributed by atoms with Gasteiger partial charge in [0.15, 0.2) is 0 Å². The Morgan fingerprint density at radius 1 is 0.949 bits per heavy atom. The van der Waals surface area contributed by atoms with E-state index in [0.717, 1.165) is 28.1 Å². The van der Waals surface area contributed by atoms with E-state index in [1.807, 2.05) is 81.4 Å². The van der Waals surface area contributed by atoms with E-state index in [1.54, 1.807) is 4.68 Å². The van der Waals surface area contributed by atoms with Crippen LogP contribution in [0.15, 0.2) is 82.9 Å². The highest BCUT2D eigenvalue weighted by atomic mass is 32.2. The molecule has 198 valence electrons. The third-order valence-electron chi connectivity index (χ3n) is 6.61.